The van der Waals surface area contributed by atoms with Gasteiger partial charge in [0, 0.05) is 5.54 Å². The predicted molar refractivity (Wildman–Crippen MR) is 123 cm³/mol. The molecule has 0 saturated carbocycles. The molecule has 0 heterocycles. The van der Waals surface area contributed by atoms with Crippen LogP contribution >= 0.6 is 0 Å². The summed E-state index contributed by atoms with van der Waals surface area (Å²) >= 11 is 0. The minimum absolute atomic E-state index is 0.0292. The first kappa shape index (κ1) is 23.9. The van der Waals surface area contributed by atoms with Gasteiger partial charge in [-0.15, -0.1) is 0 Å². The molecular formula is C24H34N2O3S. The Hall–Kier alpha value is -2.34. The van der Waals surface area contributed by atoms with Crippen LogP contribution in [0.15, 0.2) is 53.4 Å². The molecule has 2 rings (SSSR count). The van der Waals surface area contributed by atoms with E-state index in [9.17, 15) is 13.2 Å². The number of nitrogens with one attached hydrogen (secondary N) is 1. The van der Waals surface area contributed by atoms with E-state index in [-0.39, 0.29) is 22.8 Å². The Morgan fingerprint density at radius 3 is 1.80 bits per heavy atom. The molecular weight excluding hydrogens is 396 g/mol. The highest BCUT2D eigenvalue weighted by molar-refractivity contribution is 7.92. The van der Waals surface area contributed by atoms with E-state index >= 15 is 0 Å². The number of carbonyl (C=O) groups is 1. The number of rotatable bonds is 7. The van der Waals surface area contributed by atoms with Gasteiger partial charge >= 0.3 is 0 Å². The first-order chi connectivity index (χ1) is 13.7. The molecule has 0 fully saturated rings. The van der Waals surface area contributed by atoms with E-state index < -0.39 is 15.6 Å². The number of benzene rings is 2. The average Bonchev–Trinajstić information content (AvgIpc) is 2.58. The predicted octanol–water partition coefficient (Wildman–Crippen LogP) is 4.83. The molecule has 0 saturated heterocycles. The first-order valence-corrected chi connectivity index (χ1v) is 11.6. The lowest BCUT2D eigenvalue weighted by atomic mass is 9.82. The van der Waals surface area contributed by atoms with Crippen LogP contribution in [0, 0.1) is 19.3 Å². The topological polar surface area (TPSA) is 66.5 Å². The lowest BCUT2D eigenvalue weighted by Crippen LogP contribution is -2.50. The van der Waals surface area contributed by atoms with E-state index in [1.54, 1.807) is 36.4 Å². The van der Waals surface area contributed by atoms with Crippen LogP contribution in [0.5, 0.6) is 0 Å². The summed E-state index contributed by atoms with van der Waals surface area (Å²) < 4.78 is 28.0. The molecule has 0 aliphatic heterocycles. The minimum Gasteiger partial charge on any atom is -0.350 e. The summed E-state index contributed by atoms with van der Waals surface area (Å²) in [6, 6.07) is 13.8. The molecule has 6 heteroatoms. The third-order valence-electron chi connectivity index (χ3n) is 4.67. The van der Waals surface area contributed by atoms with Crippen LogP contribution in [0.2, 0.25) is 0 Å². The third-order valence-corrected chi connectivity index (χ3v) is 6.46. The number of hydrogen-bond acceptors (Lipinski definition) is 3. The summed E-state index contributed by atoms with van der Waals surface area (Å²) in [6.07, 6.45) is 0.765. The highest BCUT2D eigenvalue weighted by Crippen LogP contribution is 2.28. The lowest BCUT2D eigenvalue weighted by molar-refractivity contribution is -0.121. The average molecular weight is 431 g/mol. The Morgan fingerprint density at radius 2 is 1.33 bits per heavy atom. The largest absolute Gasteiger partial charge is 0.350 e. The fourth-order valence-electron chi connectivity index (χ4n) is 3.78. The maximum Gasteiger partial charge on any atom is 0.264 e. The second-order valence-electron chi connectivity index (χ2n) is 9.83. The van der Waals surface area contributed by atoms with Crippen molar-refractivity contribution in [3.63, 3.8) is 0 Å². The van der Waals surface area contributed by atoms with Crippen molar-refractivity contribution in [1.29, 1.82) is 0 Å². The fourth-order valence-corrected chi connectivity index (χ4v) is 5.20. The summed E-state index contributed by atoms with van der Waals surface area (Å²) in [5, 5.41) is 3.01. The molecule has 0 radical (unpaired) electrons. The standard InChI is InChI=1S/C24H34N2O3S/c1-18-8-12-20(13-9-18)26(30(28,29)21-14-10-19(2)11-15-21)16-22(27)25-24(6,7)17-23(3,4)5/h8-15H,16-17H2,1-7H3,(H,25,27). The summed E-state index contributed by atoms with van der Waals surface area (Å²) in [5.41, 5.74) is 2.02. The van der Waals surface area contributed by atoms with Gasteiger partial charge in [-0.25, -0.2) is 8.42 Å². The van der Waals surface area contributed by atoms with Gasteiger partial charge in [-0.05, 0) is 63.8 Å². The van der Waals surface area contributed by atoms with Crippen molar-refractivity contribution >= 4 is 21.6 Å². The van der Waals surface area contributed by atoms with Gasteiger partial charge in [-0.3, -0.25) is 9.10 Å². The van der Waals surface area contributed by atoms with Gasteiger partial charge in [0.15, 0.2) is 0 Å². The zero-order valence-corrected chi connectivity index (χ0v) is 19.9. The molecule has 0 atom stereocenters. The van der Waals surface area contributed by atoms with Crippen molar-refractivity contribution in [2.45, 2.75) is 65.3 Å². The Labute approximate surface area is 181 Å². The normalized spacial score (nSPS) is 12.5. The number of anilines is 1. The van der Waals surface area contributed by atoms with Crippen molar-refractivity contribution in [1.82, 2.24) is 5.32 Å². The lowest BCUT2D eigenvalue weighted by Gasteiger charge is -2.34. The van der Waals surface area contributed by atoms with Gasteiger partial charge in [0.25, 0.3) is 10.0 Å². The molecule has 1 N–H and O–H groups in total. The maximum atomic E-state index is 13.4. The van der Waals surface area contributed by atoms with E-state index in [2.05, 4.69) is 26.1 Å². The molecule has 0 aliphatic carbocycles. The fraction of sp³-hybridized carbons (Fsp3) is 0.458. The molecule has 0 unspecified atom stereocenters. The second-order valence-corrected chi connectivity index (χ2v) is 11.7. The Balaban J connectivity index is 2.36. The number of aryl methyl sites for hydroxylation is 2. The smallest absolute Gasteiger partial charge is 0.264 e. The van der Waals surface area contributed by atoms with Crippen LogP contribution in [0.1, 0.15) is 52.2 Å². The zero-order valence-electron chi connectivity index (χ0n) is 19.1. The van der Waals surface area contributed by atoms with Crippen molar-refractivity contribution in [3.8, 4) is 0 Å². The monoisotopic (exact) mass is 430 g/mol. The number of nitrogens with zero attached hydrogens (tertiary/aromatic N) is 1. The summed E-state index contributed by atoms with van der Waals surface area (Å²) in [7, 11) is -3.90. The molecule has 2 aromatic rings. The van der Waals surface area contributed by atoms with Gasteiger partial charge in [0.1, 0.15) is 6.54 Å². The maximum absolute atomic E-state index is 13.4. The van der Waals surface area contributed by atoms with Gasteiger partial charge in [-0.1, -0.05) is 56.2 Å². The number of hydrogen-bond donors (Lipinski definition) is 1. The molecule has 1 amide bonds. The van der Waals surface area contributed by atoms with Crippen LogP contribution in [0.4, 0.5) is 5.69 Å². The van der Waals surface area contributed by atoms with Crippen LogP contribution < -0.4 is 9.62 Å². The SMILES string of the molecule is Cc1ccc(N(CC(=O)NC(C)(C)CC(C)(C)C)S(=O)(=O)c2ccc(C)cc2)cc1. The molecule has 0 bridgehead atoms. The Morgan fingerprint density at radius 1 is 0.867 bits per heavy atom. The van der Waals surface area contributed by atoms with E-state index in [1.807, 2.05) is 39.8 Å². The van der Waals surface area contributed by atoms with Crippen LogP contribution in [-0.4, -0.2) is 26.4 Å². The van der Waals surface area contributed by atoms with Gasteiger partial charge in [0.05, 0.1) is 10.6 Å². The molecule has 0 aliphatic rings. The summed E-state index contributed by atoms with van der Waals surface area (Å²) in [4.78, 5) is 13.1. The van der Waals surface area contributed by atoms with Crippen LogP contribution in [-0.2, 0) is 14.8 Å². The van der Waals surface area contributed by atoms with Crippen LogP contribution in [0.3, 0.4) is 0 Å². The van der Waals surface area contributed by atoms with Gasteiger partial charge in [-0.2, -0.15) is 0 Å². The van der Waals surface area contributed by atoms with E-state index in [0.29, 0.717) is 5.69 Å². The number of carbonyl (C=O) groups excluding carboxylic acids is 1. The summed E-state index contributed by atoms with van der Waals surface area (Å²) in [5.74, 6) is -0.333. The molecule has 30 heavy (non-hydrogen) atoms. The highest BCUT2D eigenvalue weighted by Gasteiger charge is 2.31. The third kappa shape index (κ3) is 6.59. The van der Waals surface area contributed by atoms with E-state index in [0.717, 1.165) is 17.5 Å². The van der Waals surface area contributed by atoms with Gasteiger partial charge in [0.2, 0.25) is 5.91 Å². The number of amides is 1. The molecule has 2 aromatic carbocycles. The molecule has 164 valence electrons. The Bertz CT molecular complexity index is 971. The molecule has 5 nitrogen and oxygen atoms in total. The van der Waals surface area contributed by atoms with Crippen molar-refractivity contribution in [2.24, 2.45) is 5.41 Å². The number of sulfonamides is 1. The zero-order chi connectivity index (χ0) is 22.7. The van der Waals surface area contributed by atoms with Crippen molar-refractivity contribution in [3.05, 3.63) is 59.7 Å². The van der Waals surface area contributed by atoms with Gasteiger partial charge < -0.3 is 5.32 Å². The summed E-state index contributed by atoms with van der Waals surface area (Å²) in [6.45, 7) is 13.8. The van der Waals surface area contributed by atoms with Crippen molar-refractivity contribution in [2.75, 3.05) is 10.8 Å². The van der Waals surface area contributed by atoms with Crippen LogP contribution in [0.25, 0.3) is 0 Å². The molecule has 0 spiro atoms. The quantitative estimate of drug-likeness (QED) is 0.684. The van der Waals surface area contributed by atoms with E-state index in [4.69, 9.17) is 0 Å². The highest BCUT2D eigenvalue weighted by atomic mass is 32.2. The Kier molecular flexibility index (Phi) is 7.02. The van der Waals surface area contributed by atoms with E-state index in [1.165, 1.54) is 4.31 Å². The molecule has 0 aromatic heterocycles. The minimum atomic E-state index is -3.90. The second kappa shape index (κ2) is 8.80. The first-order valence-electron chi connectivity index (χ1n) is 10.2. The van der Waals surface area contributed by atoms with Crippen molar-refractivity contribution < 1.29 is 13.2 Å².